The van der Waals surface area contributed by atoms with Gasteiger partial charge in [0.2, 0.25) is 0 Å². The van der Waals surface area contributed by atoms with Crippen LogP contribution in [0.4, 0.5) is 0 Å². The zero-order valence-corrected chi connectivity index (χ0v) is 6.50. The molecule has 0 saturated carbocycles. The Labute approximate surface area is 66.3 Å². The lowest BCUT2D eigenvalue weighted by atomic mass is 10.2. The molecule has 0 aromatic heterocycles. The van der Waals surface area contributed by atoms with Crippen molar-refractivity contribution in [1.82, 2.24) is 0 Å². The van der Waals surface area contributed by atoms with Gasteiger partial charge in [-0.3, -0.25) is 0 Å². The van der Waals surface area contributed by atoms with Gasteiger partial charge in [-0.2, -0.15) is 0 Å². The summed E-state index contributed by atoms with van der Waals surface area (Å²) in [5.74, 6) is 2.21. The van der Waals surface area contributed by atoms with Gasteiger partial charge in [0.1, 0.15) is 5.76 Å². The SMILES string of the molecule is CCC1=C(c2ccccc2)O1. The predicted octanol–water partition coefficient (Wildman–Crippen LogP) is 2.80. The van der Waals surface area contributed by atoms with Crippen molar-refractivity contribution in [1.29, 1.82) is 0 Å². The monoisotopic (exact) mass is 146 g/mol. The van der Waals surface area contributed by atoms with Gasteiger partial charge in [0, 0.05) is 12.0 Å². The molecule has 0 bridgehead atoms. The molecule has 0 aliphatic carbocycles. The molecule has 2 rings (SSSR count). The molecule has 1 aromatic rings. The van der Waals surface area contributed by atoms with Crippen LogP contribution >= 0.6 is 0 Å². The van der Waals surface area contributed by atoms with E-state index in [4.69, 9.17) is 4.74 Å². The molecule has 1 aliphatic rings. The zero-order valence-electron chi connectivity index (χ0n) is 6.50. The summed E-state index contributed by atoms with van der Waals surface area (Å²) in [7, 11) is 0. The highest BCUT2D eigenvalue weighted by Crippen LogP contribution is 2.37. The molecule has 0 unspecified atom stereocenters. The highest BCUT2D eigenvalue weighted by Gasteiger charge is 2.23. The van der Waals surface area contributed by atoms with Gasteiger partial charge >= 0.3 is 0 Å². The van der Waals surface area contributed by atoms with Crippen molar-refractivity contribution in [3.05, 3.63) is 41.7 Å². The van der Waals surface area contributed by atoms with Gasteiger partial charge in [0.25, 0.3) is 0 Å². The summed E-state index contributed by atoms with van der Waals surface area (Å²) in [5, 5.41) is 0. The minimum absolute atomic E-state index is 1.00. The second-order valence-corrected chi connectivity index (χ2v) is 2.57. The molecule has 1 aliphatic heterocycles. The van der Waals surface area contributed by atoms with Crippen LogP contribution in [0.1, 0.15) is 18.9 Å². The Balaban J connectivity index is 2.27. The topological polar surface area (TPSA) is 12.5 Å². The van der Waals surface area contributed by atoms with E-state index in [-0.39, 0.29) is 0 Å². The third kappa shape index (κ3) is 1.14. The molecule has 0 amide bonds. The van der Waals surface area contributed by atoms with Crippen molar-refractivity contribution in [2.45, 2.75) is 13.3 Å². The molecule has 0 fully saturated rings. The fourth-order valence-corrected chi connectivity index (χ4v) is 1.14. The van der Waals surface area contributed by atoms with Crippen molar-refractivity contribution in [3.63, 3.8) is 0 Å². The Morgan fingerprint density at radius 3 is 2.45 bits per heavy atom. The van der Waals surface area contributed by atoms with Crippen LogP contribution in [0, 0.1) is 0 Å². The minimum Gasteiger partial charge on any atom is -0.454 e. The van der Waals surface area contributed by atoms with Crippen LogP contribution < -0.4 is 0 Å². The van der Waals surface area contributed by atoms with E-state index in [1.165, 1.54) is 5.56 Å². The lowest BCUT2D eigenvalue weighted by Gasteiger charge is -1.86. The van der Waals surface area contributed by atoms with Crippen molar-refractivity contribution < 1.29 is 4.74 Å². The highest BCUT2D eigenvalue weighted by molar-refractivity contribution is 5.71. The Kier molecular flexibility index (Phi) is 1.42. The fourth-order valence-electron chi connectivity index (χ4n) is 1.14. The quantitative estimate of drug-likeness (QED) is 0.625. The van der Waals surface area contributed by atoms with Gasteiger partial charge in [-0.05, 0) is 0 Å². The molecule has 1 nitrogen and oxygen atoms in total. The summed E-state index contributed by atoms with van der Waals surface area (Å²) < 4.78 is 5.29. The zero-order chi connectivity index (χ0) is 7.68. The predicted molar refractivity (Wildman–Crippen MR) is 44.7 cm³/mol. The lowest BCUT2D eigenvalue weighted by Crippen LogP contribution is -1.69. The molecule has 11 heavy (non-hydrogen) atoms. The first kappa shape index (κ1) is 6.47. The number of benzene rings is 1. The Hall–Kier alpha value is -1.24. The van der Waals surface area contributed by atoms with E-state index in [1.54, 1.807) is 0 Å². The molecule has 0 N–H and O–H groups in total. The number of hydrogen-bond donors (Lipinski definition) is 0. The lowest BCUT2D eigenvalue weighted by molar-refractivity contribution is 0.505. The summed E-state index contributed by atoms with van der Waals surface area (Å²) in [6, 6.07) is 10.2. The molecule has 0 saturated heterocycles. The Bertz CT molecular complexity index is 285. The van der Waals surface area contributed by atoms with E-state index in [2.05, 4.69) is 19.1 Å². The van der Waals surface area contributed by atoms with E-state index in [9.17, 15) is 0 Å². The first-order valence-corrected chi connectivity index (χ1v) is 3.88. The fraction of sp³-hybridized carbons (Fsp3) is 0.200. The van der Waals surface area contributed by atoms with Crippen LogP contribution in [0.3, 0.4) is 0 Å². The van der Waals surface area contributed by atoms with Gasteiger partial charge in [0.15, 0.2) is 5.76 Å². The maximum atomic E-state index is 5.29. The van der Waals surface area contributed by atoms with Crippen LogP contribution in [0.2, 0.25) is 0 Å². The van der Waals surface area contributed by atoms with Crippen LogP contribution in [0.15, 0.2) is 36.1 Å². The van der Waals surface area contributed by atoms with E-state index in [0.717, 1.165) is 17.9 Å². The number of hydrogen-bond acceptors (Lipinski definition) is 1. The summed E-state index contributed by atoms with van der Waals surface area (Å²) in [6.45, 7) is 2.10. The maximum absolute atomic E-state index is 5.29. The Morgan fingerprint density at radius 2 is 1.91 bits per heavy atom. The maximum Gasteiger partial charge on any atom is 0.172 e. The standard InChI is InChI=1S/C10H10O/c1-2-9-10(11-9)8-6-4-3-5-7-8/h3-7H,2H2,1H3. The van der Waals surface area contributed by atoms with E-state index >= 15 is 0 Å². The summed E-state index contributed by atoms with van der Waals surface area (Å²) in [6.07, 6.45) is 1.00. The first-order valence-electron chi connectivity index (χ1n) is 3.88. The largest absolute Gasteiger partial charge is 0.454 e. The van der Waals surface area contributed by atoms with Crippen LogP contribution in [0.5, 0.6) is 0 Å². The van der Waals surface area contributed by atoms with Crippen molar-refractivity contribution in [2.24, 2.45) is 0 Å². The second kappa shape index (κ2) is 2.42. The van der Waals surface area contributed by atoms with Crippen molar-refractivity contribution >= 4 is 5.76 Å². The smallest absolute Gasteiger partial charge is 0.172 e. The third-order valence-electron chi connectivity index (χ3n) is 1.79. The molecular formula is C10H10O. The van der Waals surface area contributed by atoms with Gasteiger partial charge in [-0.25, -0.2) is 0 Å². The van der Waals surface area contributed by atoms with Gasteiger partial charge in [-0.1, -0.05) is 37.3 Å². The van der Waals surface area contributed by atoms with Crippen LogP contribution in [-0.2, 0) is 4.74 Å². The number of ether oxygens (including phenoxy) is 1. The molecule has 56 valence electrons. The second-order valence-electron chi connectivity index (χ2n) is 2.57. The highest BCUT2D eigenvalue weighted by atomic mass is 16.6. The summed E-state index contributed by atoms with van der Waals surface area (Å²) >= 11 is 0. The van der Waals surface area contributed by atoms with Gasteiger partial charge in [-0.15, -0.1) is 0 Å². The van der Waals surface area contributed by atoms with Crippen LogP contribution in [0.25, 0.3) is 5.76 Å². The minimum atomic E-state index is 1.00. The summed E-state index contributed by atoms with van der Waals surface area (Å²) in [5.41, 5.74) is 1.20. The third-order valence-corrected chi connectivity index (χ3v) is 1.79. The van der Waals surface area contributed by atoms with Crippen LogP contribution in [-0.4, -0.2) is 0 Å². The molecule has 0 radical (unpaired) electrons. The average Bonchev–Trinajstić information content (AvgIpc) is 2.85. The van der Waals surface area contributed by atoms with Gasteiger partial charge in [0.05, 0.1) is 0 Å². The number of allylic oxidation sites excluding steroid dienone is 1. The normalized spacial score (nSPS) is 14.6. The molecule has 1 heteroatoms. The molecule has 1 aromatic carbocycles. The van der Waals surface area contributed by atoms with Crippen molar-refractivity contribution in [2.75, 3.05) is 0 Å². The van der Waals surface area contributed by atoms with E-state index < -0.39 is 0 Å². The van der Waals surface area contributed by atoms with E-state index in [0.29, 0.717) is 0 Å². The van der Waals surface area contributed by atoms with Crippen molar-refractivity contribution in [3.8, 4) is 0 Å². The average molecular weight is 146 g/mol. The molecular weight excluding hydrogens is 136 g/mol. The van der Waals surface area contributed by atoms with E-state index in [1.807, 2.05) is 18.2 Å². The first-order chi connectivity index (χ1) is 5.42. The number of rotatable bonds is 2. The summed E-state index contributed by atoms with van der Waals surface area (Å²) in [4.78, 5) is 0. The van der Waals surface area contributed by atoms with Gasteiger partial charge < -0.3 is 4.74 Å². The molecule has 0 spiro atoms. The molecule has 1 heterocycles. The Morgan fingerprint density at radius 1 is 1.18 bits per heavy atom. The molecule has 0 atom stereocenters.